The van der Waals surface area contributed by atoms with Crippen LogP contribution >= 0.6 is 0 Å². The van der Waals surface area contributed by atoms with Crippen molar-refractivity contribution in [1.29, 1.82) is 0 Å². The Balaban J connectivity index is 2.79. The fourth-order valence-corrected chi connectivity index (χ4v) is 2.05. The highest BCUT2D eigenvalue weighted by Gasteiger charge is 2.13. The number of hydrogen-bond donors (Lipinski definition) is 1. The highest BCUT2D eigenvalue weighted by Crippen LogP contribution is 2.31. The number of phenolic OH excluding ortho intramolecular Hbond substituents is 1. The summed E-state index contributed by atoms with van der Waals surface area (Å²) in [6.45, 7) is 2.11. The fourth-order valence-electron chi connectivity index (χ4n) is 2.05. The number of benzene rings is 1. The van der Waals surface area contributed by atoms with Gasteiger partial charge in [0.15, 0.2) is 23.4 Å². The number of pyridine rings is 1. The van der Waals surface area contributed by atoms with Crippen LogP contribution in [0.1, 0.15) is 12.6 Å². The summed E-state index contributed by atoms with van der Waals surface area (Å²) in [7, 11) is 3.57. The van der Waals surface area contributed by atoms with Crippen molar-refractivity contribution >= 4 is 10.8 Å². The van der Waals surface area contributed by atoms with Crippen LogP contribution < -0.4 is 9.30 Å². The lowest BCUT2D eigenvalue weighted by Crippen LogP contribution is -2.32. The molecular weight excluding hydrogens is 202 g/mol. The van der Waals surface area contributed by atoms with E-state index < -0.39 is 0 Å². The molecule has 0 radical (unpaired) electrons. The van der Waals surface area contributed by atoms with Crippen LogP contribution in [0.4, 0.5) is 0 Å². The molecule has 0 bridgehead atoms. The zero-order valence-corrected chi connectivity index (χ0v) is 9.82. The molecule has 0 amide bonds. The van der Waals surface area contributed by atoms with Crippen LogP contribution in [0.3, 0.4) is 0 Å². The molecule has 0 aliphatic heterocycles. The van der Waals surface area contributed by atoms with E-state index in [1.165, 1.54) is 5.69 Å². The first kappa shape index (κ1) is 10.7. The van der Waals surface area contributed by atoms with Gasteiger partial charge >= 0.3 is 0 Å². The zero-order chi connectivity index (χ0) is 11.7. The summed E-state index contributed by atoms with van der Waals surface area (Å²) in [6.07, 6.45) is 2.96. The largest absolute Gasteiger partial charge is 0.504 e. The first-order valence-electron chi connectivity index (χ1n) is 5.35. The molecule has 84 valence electrons. The molecule has 0 saturated carbocycles. The molecule has 1 N–H and O–H groups in total. The smallest absolute Gasteiger partial charge is 0.188 e. The summed E-state index contributed by atoms with van der Waals surface area (Å²) in [5, 5.41) is 11.9. The minimum absolute atomic E-state index is 0.191. The molecule has 2 aromatic rings. The highest BCUT2D eigenvalue weighted by molar-refractivity contribution is 5.86. The maximum absolute atomic E-state index is 9.79. The molecule has 0 unspecified atom stereocenters. The summed E-state index contributed by atoms with van der Waals surface area (Å²) >= 11 is 0. The van der Waals surface area contributed by atoms with Crippen molar-refractivity contribution in [3.63, 3.8) is 0 Å². The molecule has 0 atom stereocenters. The van der Waals surface area contributed by atoms with Crippen LogP contribution in [0.15, 0.2) is 24.4 Å². The van der Waals surface area contributed by atoms with Crippen molar-refractivity contribution < 1.29 is 14.4 Å². The third-order valence-corrected chi connectivity index (χ3v) is 2.90. The maximum atomic E-state index is 9.79. The van der Waals surface area contributed by atoms with Gasteiger partial charge in [0, 0.05) is 12.5 Å². The van der Waals surface area contributed by atoms with Gasteiger partial charge in [-0.25, -0.2) is 4.57 Å². The van der Waals surface area contributed by atoms with Crippen LogP contribution in [0.25, 0.3) is 10.8 Å². The number of hydrogen-bond acceptors (Lipinski definition) is 2. The lowest BCUT2D eigenvalue weighted by atomic mass is 10.1. The van der Waals surface area contributed by atoms with E-state index >= 15 is 0 Å². The van der Waals surface area contributed by atoms with Gasteiger partial charge in [0.1, 0.15) is 7.05 Å². The van der Waals surface area contributed by atoms with Crippen LogP contribution in [-0.4, -0.2) is 12.2 Å². The lowest BCUT2D eigenvalue weighted by molar-refractivity contribution is -0.677. The second-order valence-electron chi connectivity index (χ2n) is 3.84. The van der Waals surface area contributed by atoms with Gasteiger partial charge < -0.3 is 9.84 Å². The number of ether oxygens (including phenoxy) is 1. The van der Waals surface area contributed by atoms with Gasteiger partial charge in [-0.1, -0.05) is 6.92 Å². The quantitative estimate of drug-likeness (QED) is 0.781. The van der Waals surface area contributed by atoms with Crippen molar-refractivity contribution in [3.8, 4) is 11.5 Å². The summed E-state index contributed by atoms with van der Waals surface area (Å²) in [4.78, 5) is 0. The average molecular weight is 218 g/mol. The molecule has 0 spiro atoms. The fraction of sp³-hybridized carbons (Fsp3) is 0.308. The maximum Gasteiger partial charge on any atom is 0.188 e. The lowest BCUT2D eigenvalue weighted by Gasteiger charge is -2.07. The van der Waals surface area contributed by atoms with E-state index in [2.05, 4.69) is 11.5 Å². The van der Waals surface area contributed by atoms with Crippen molar-refractivity contribution in [3.05, 3.63) is 30.1 Å². The van der Waals surface area contributed by atoms with Crippen LogP contribution in [0.5, 0.6) is 11.5 Å². The highest BCUT2D eigenvalue weighted by atomic mass is 16.5. The van der Waals surface area contributed by atoms with Gasteiger partial charge in [0.05, 0.1) is 12.5 Å². The Labute approximate surface area is 94.9 Å². The molecule has 1 aromatic carbocycles. The molecule has 0 fully saturated rings. The van der Waals surface area contributed by atoms with Crippen LogP contribution in [-0.2, 0) is 13.5 Å². The predicted octanol–water partition coefficient (Wildman–Crippen LogP) is 1.94. The molecule has 2 rings (SSSR count). The molecule has 0 aliphatic rings. The number of fused-ring (bicyclic) bond motifs is 1. The van der Waals surface area contributed by atoms with E-state index in [1.807, 2.05) is 25.4 Å². The Bertz CT molecular complexity index is 535. The zero-order valence-electron chi connectivity index (χ0n) is 9.82. The van der Waals surface area contributed by atoms with Gasteiger partial charge in [-0.05, 0) is 17.5 Å². The van der Waals surface area contributed by atoms with Gasteiger partial charge in [-0.2, -0.15) is 0 Å². The molecular formula is C13H16NO2+. The number of phenols is 1. The van der Waals surface area contributed by atoms with Crippen molar-refractivity contribution in [1.82, 2.24) is 0 Å². The Morgan fingerprint density at radius 2 is 2.12 bits per heavy atom. The molecule has 3 nitrogen and oxygen atoms in total. The Morgan fingerprint density at radius 3 is 2.75 bits per heavy atom. The SMILES string of the molecule is CCc1c2cc(O)c(OC)cc2cc[n+]1C. The summed E-state index contributed by atoms with van der Waals surface area (Å²) in [5.74, 6) is 0.708. The molecule has 1 aromatic heterocycles. The summed E-state index contributed by atoms with van der Waals surface area (Å²) in [5.41, 5.74) is 1.20. The summed E-state index contributed by atoms with van der Waals surface area (Å²) < 4.78 is 7.18. The molecule has 0 saturated heterocycles. The van der Waals surface area contributed by atoms with E-state index in [1.54, 1.807) is 13.2 Å². The van der Waals surface area contributed by atoms with Crippen molar-refractivity contribution in [2.45, 2.75) is 13.3 Å². The average Bonchev–Trinajstić information content (AvgIpc) is 2.28. The number of aromatic nitrogens is 1. The number of methoxy groups -OCH3 is 1. The Morgan fingerprint density at radius 1 is 1.38 bits per heavy atom. The second kappa shape index (κ2) is 4.00. The number of aryl methyl sites for hydroxylation is 2. The van der Waals surface area contributed by atoms with E-state index in [4.69, 9.17) is 4.74 Å². The predicted molar refractivity (Wildman–Crippen MR) is 62.7 cm³/mol. The topological polar surface area (TPSA) is 33.3 Å². The molecule has 0 aliphatic carbocycles. The standard InChI is InChI=1S/C13H15NO2/c1-4-11-10-8-12(15)13(16-3)7-9(10)5-6-14(11)2/h5-8H,4H2,1-3H3/p+1. The van der Waals surface area contributed by atoms with Gasteiger partial charge in [-0.3, -0.25) is 0 Å². The van der Waals surface area contributed by atoms with Gasteiger partial charge in [0.2, 0.25) is 0 Å². The third kappa shape index (κ3) is 1.58. The number of nitrogens with zero attached hydrogens (tertiary/aromatic N) is 1. The molecule has 1 heterocycles. The monoisotopic (exact) mass is 218 g/mol. The third-order valence-electron chi connectivity index (χ3n) is 2.90. The number of rotatable bonds is 2. The first-order valence-corrected chi connectivity index (χ1v) is 5.35. The first-order chi connectivity index (χ1) is 7.67. The normalized spacial score (nSPS) is 10.7. The van der Waals surface area contributed by atoms with E-state index in [-0.39, 0.29) is 5.75 Å². The Kier molecular flexibility index (Phi) is 2.69. The van der Waals surface area contributed by atoms with Crippen molar-refractivity contribution in [2.24, 2.45) is 7.05 Å². The van der Waals surface area contributed by atoms with Crippen LogP contribution in [0.2, 0.25) is 0 Å². The van der Waals surface area contributed by atoms with Gasteiger partial charge in [0.25, 0.3) is 0 Å². The minimum atomic E-state index is 0.191. The minimum Gasteiger partial charge on any atom is -0.504 e. The Hall–Kier alpha value is -1.77. The molecule has 3 heteroatoms. The number of aromatic hydroxyl groups is 1. The molecule has 16 heavy (non-hydrogen) atoms. The summed E-state index contributed by atoms with van der Waals surface area (Å²) in [6, 6.07) is 5.66. The van der Waals surface area contributed by atoms with E-state index in [9.17, 15) is 5.11 Å². The van der Waals surface area contributed by atoms with E-state index in [0.29, 0.717) is 5.75 Å². The van der Waals surface area contributed by atoms with E-state index in [0.717, 1.165) is 17.2 Å². The van der Waals surface area contributed by atoms with Crippen molar-refractivity contribution in [2.75, 3.05) is 7.11 Å². The van der Waals surface area contributed by atoms with Crippen LogP contribution in [0, 0.1) is 0 Å². The van der Waals surface area contributed by atoms with Gasteiger partial charge in [-0.15, -0.1) is 0 Å². The second-order valence-corrected chi connectivity index (χ2v) is 3.84.